The van der Waals surface area contributed by atoms with Gasteiger partial charge in [0.2, 0.25) is 9.84 Å². The van der Waals surface area contributed by atoms with Crippen molar-refractivity contribution >= 4 is 15.9 Å². The molecule has 0 N–H and O–H groups in total. The molecule has 0 bridgehead atoms. The Morgan fingerprint density at radius 3 is 2.81 bits per heavy atom. The molecule has 1 aliphatic rings. The summed E-state index contributed by atoms with van der Waals surface area (Å²) in [6, 6.07) is 5.05. The standard InChI is InChI=1S/C15H15NO4S/c1-10-12(11(2)20-16-10)6-8-19-14-4-3-5-15-13(14)7-9-21(15,17)18/h3-5,7,9H,6,8H2,1-2H3. The quantitative estimate of drug-likeness (QED) is 0.868. The highest BCUT2D eigenvalue weighted by Crippen LogP contribution is 2.33. The second-order valence-electron chi connectivity index (χ2n) is 4.92. The van der Waals surface area contributed by atoms with Crippen LogP contribution in [0, 0.1) is 13.8 Å². The van der Waals surface area contributed by atoms with Crippen molar-refractivity contribution in [3.05, 3.63) is 46.2 Å². The highest BCUT2D eigenvalue weighted by atomic mass is 32.2. The number of hydrogen-bond acceptors (Lipinski definition) is 5. The molecule has 0 saturated carbocycles. The van der Waals surface area contributed by atoms with E-state index in [9.17, 15) is 8.42 Å². The number of aromatic nitrogens is 1. The van der Waals surface area contributed by atoms with Crippen LogP contribution >= 0.6 is 0 Å². The molecular formula is C15H15NO4S. The van der Waals surface area contributed by atoms with Gasteiger partial charge in [0.05, 0.1) is 17.2 Å². The maximum absolute atomic E-state index is 11.8. The summed E-state index contributed by atoms with van der Waals surface area (Å²) in [5.74, 6) is 1.37. The molecule has 0 radical (unpaired) electrons. The molecule has 1 aliphatic heterocycles. The zero-order chi connectivity index (χ0) is 15.0. The van der Waals surface area contributed by atoms with Crippen molar-refractivity contribution in [2.45, 2.75) is 25.2 Å². The van der Waals surface area contributed by atoms with E-state index < -0.39 is 9.84 Å². The monoisotopic (exact) mass is 305 g/mol. The van der Waals surface area contributed by atoms with E-state index in [2.05, 4.69) is 5.16 Å². The van der Waals surface area contributed by atoms with Gasteiger partial charge in [-0.15, -0.1) is 0 Å². The molecule has 0 atom stereocenters. The lowest BCUT2D eigenvalue weighted by Gasteiger charge is -2.09. The zero-order valence-electron chi connectivity index (χ0n) is 11.8. The van der Waals surface area contributed by atoms with Crippen molar-refractivity contribution in [2.24, 2.45) is 0 Å². The Labute approximate surface area is 123 Å². The lowest BCUT2D eigenvalue weighted by atomic mass is 10.1. The largest absolute Gasteiger partial charge is 0.493 e. The molecule has 1 aromatic heterocycles. The fraction of sp³-hybridized carbons (Fsp3) is 0.267. The normalized spacial score (nSPS) is 15.1. The van der Waals surface area contributed by atoms with Crippen LogP contribution in [0.2, 0.25) is 0 Å². The predicted octanol–water partition coefficient (Wildman–Crippen LogP) is 2.67. The van der Waals surface area contributed by atoms with Crippen molar-refractivity contribution in [1.29, 1.82) is 0 Å². The van der Waals surface area contributed by atoms with Gasteiger partial charge in [-0.3, -0.25) is 0 Å². The molecule has 2 aromatic rings. The van der Waals surface area contributed by atoms with Gasteiger partial charge in [-0.2, -0.15) is 0 Å². The van der Waals surface area contributed by atoms with E-state index in [1.807, 2.05) is 13.8 Å². The Morgan fingerprint density at radius 2 is 2.10 bits per heavy atom. The Kier molecular flexibility index (Phi) is 3.33. The second-order valence-corrected chi connectivity index (χ2v) is 6.72. The third-order valence-corrected chi connectivity index (χ3v) is 5.00. The van der Waals surface area contributed by atoms with Gasteiger partial charge >= 0.3 is 0 Å². The molecule has 0 amide bonds. The molecule has 21 heavy (non-hydrogen) atoms. The fourth-order valence-electron chi connectivity index (χ4n) is 2.41. The lowest BCUT2D eigenvalue weighted by Crippen LogP contribution is -2.04. The minimum absolute atomic E-state index is 0.303. The molecule has 0 unspecified atom stereocenters. The van der Waals surface area contributed by atoms with Crippen LogP contribution in [0.3, 0.4) is 0 Å². The van der Waals surface area contributed by atoms with Crippen LogP contribution in [0.5, 0.6) is 5.75 Å². The van der Waals surface area contributed by atoms with Crippen molar-refractivity contribution in [1.82, 2.24) is 5.16 Å². The zero-order valence-corrected chi connectivity index (χ0v) is 12.6. The van der Waals surface area contributed by atoms with Gasteiger partial charge in [0.25, 0.3) is 0 Å². The number of nitrogens with zero attached hydrogens (tertiary/aromatic N) is 1. The van der Waals surface area contributed by atoms with Crippen LogP contribution in [-0.4, -0.2) is 20.2 Å². The number of ether oxygens (including phenoxy) is 1. The summed E-state index contributed by atoms with van der Waals surface area (Å²) in [5.41, 5.74) is 2.51. The summed E-state index contributed by atoms with van der Waals surface area (Å²) in [7, 11) is -3.30. The van der Waals surface area contributed by atoms with Crippen molar-refractivity contribution < 1.29 is 17.7 Å². The second kappa shape index (κ2) is 5.04. The number of benzene rings is 1. The molecule has 1 aromatic carbocycles. The van der Waals surface area contributed by atoms with Crippen LogP contribution in [0.15, 0.2) is 33.0 Å². The van der Waals surface area contributed by atoms with Gasteiger partial charge in [-0.05, 0) is 32.1 Å². The van der Waals surface area contributed by atoms with E-state index >= 15 is 0 Å². The third-order valence-electron chi connectivity index (χ3n) is 3.54. The number of sulfone groups is 1. The Hall–Kier alpha value is -2.08. The first-order valence-electron chi connectivity index (χ1n) is 6.60. The van der Waals surface area contributed by atoms with Crippen LogP contribution in [0.25, 0.3) is 6.08 Å². The minimum atomic E-state index is -3.30. The Balaban J connectivity index is 1.76. The summed E-state index contributed by atoms with van der Waals surface area (Å²) >= 11 is 0. The van der Waals surface area contributed by atoms with E-state index in [1.54, 1.807) is 24.3 Å². The molecule has 0 aliphatic carbocycles. The first kappa shape index (κ1) is 13.9. The summed E-state index contributed by atoms with van der Waals surface area (Å²) < 4.78 is 34.4. The average Bonchev–Trinajstić information content (AvgIpc) is 2.93. The number of aryl methyl sites for hydroxylation is 2. The minimum Gasteiger partial charge on any atom is -0.493 e. The molecule has 110 valence electrons. The van der Waals surface area contributed by atoms with E-state index in [1.165, 1.54) is 5.41 Å². The van der Waals surface area contributed by atoms with Gasteiger partial charge in [0.15, 0.2) is 0 Å². The summed E-state index contributed by atoms with van der Waals surface area (Å²) in [6.07, 6.45) is 2.25. The van der Waals surface area contributed by atoms with Crippen LogP contribution in [0.1, 0.15) is 22.6 Å². The van der Waals surface area contributed by atoms with Crippen LogP contribution in [0.4, 0.5) is 0 Å². The molecule has 6 heteroatoms. The fourth-order valence-corrected chi connectivity index (χ4v) is 3.62. The van der Waals surface area contributed by atoms with Gasteiger partial charge in [-0.1, -0.05) is 11.2 Å². The predicted molar refractivity (Wildman–Crippen MR) is 77.8 cm³/mol. The summed E-state index contributed by atoms with van der Waals surface area (Å²) in [4.78, 5) is 0.303. The molecular weight excluding hydrogens is 290 g/mol. The van der Waals surface area contributed by atoms with E-state index in [-0.39, 0.29) is 0 Å². The highest BCUT2D eigenvalue weighted by molar-refractivity contribution is 7.94. The smallest absolute Gasteiger partial charge is 0.200 e. The number of rotatable bonds is 4. The first-order valence-corrected chi connectivity index (χ1v) is 8.14. The average molecular weight is 305 g/mol. The van der Waals surface area contributed by atoms with E-state index in [4.69, 9.17) is 9.26 Å². The van der Waals surface area contributed by atoms with E-state index in [0.29, 0.717) is 29.2 Å². The highest BCUT2D eigenvalue weighted by Gasteiger charge is 2.23. The molecule has 2 heterocycles. The first-order chi connectivity index (χ1) is 9.99. The third kappa shape index (κ3) is 2.47. The van der Waals surface area contributed by atoms with Crippen molar-refractivity contribution in [2.75, 3.05) is 6.61 Å². The Bertz CT molecular complexity index is 799. The van der Waals surface area contributed by atoms with Gasteiger partial charge in [-0.25, -0.2) is 8.42 Å². The Morgan fingerprint density at radius 1 is 1.29 bits per heavy atom. The van der Waals surface area contributed by atoms with Crippen LogP contribution in [-0.2, 0) is 16.3 Å². The molecule has 5 nitrogen and oxygen atoms in total. The number of hydrogen-bond donors (Lipinski definition) is 0. The maximum Gasteiger partial charge on any atom is 0.200 e. The molecule has 3 rings (SSSR count). The molecule has 0 spiro atoms. The molecule has 0 fully saturated rings. The maximum atomic E-state index is 11.8. The summed E-state index contributed by atoms with van der Waals surface area (Å²) in [6.45, 7) is 4.19. The topological polar surface area (TPSA) is 69.4 Å². The van der Waals surface area contributed by atoms with Gasteiger partial charge < -0.3 is 9.26 Å². The van der Waals surface area contributed by atoms with Gasteiger partial charge in [0, 0.05) is 23.0 Å². The SMILES string of the molecule is Cc1noc(C)c1CCOc1cccc2c1C=CS2(=O)=O. The number of fused-ring (bicyclic) bond motifs is 1. The molecule has 0 saturated heterocycles. The summed E-state index contributed by atoms with van der Waals surface area (Å²) in [5, 5.41) is 5.10. The van der Waals surface area contributed by atoms with Crippen LogP contribution < -0.4 is 4.74 Å². The lowest BCUT2D eigenvalue weighted by molar-refractivity contribution is 0.319. The van der Waals surface area contributed by atoms with Crippen molar-refractivity contribution in [3.63, 3.8) is 0 Å². The van der Waals surface area contributed by atoms with E-state index in [0.717, 1.165) is 17.0 Å². The van der Waals surface area contributed by atoms with Gasteiger partial charge in [0.1, 0.15) is 11.5 Å². The van der Waals surface area contributed by atoms with Crippen molar-refractivity contribution in [3.8, 4) is 5.75 Å².